The molecule has 1 aliphatic rings. The number of nitrogens with one attached hydrogen (secondary N) is 2. The number of carbonyl (C=O) groups excluding carboxylic acids is 3. The number of hydrogen-bond acceptors (Lipinski definition) is 7. The van der Waals surface area contributed by atoms with Crippen molar-refractivity contribution in [3.05, 3.63) is 77.1 Å². The summed E-state index contributed by atoms with van der Waals surface area (Å²) in [5.74, 6) is -0.646. The number of pyridine rings is 1. The van der Waals surface area contributed by atoms with Gasteiger partial charge < -0.3 is 24.8 Å². The number of amides is 2. The van der Waals surface area contributed by atoms with Gasteiger partial charge in [0.1, 0.15) is 5.15 Å². The second-order valence-electron chi connectivity index (χ2n) is 6.56. The lowest BCUT2D eigenvalue weighted by Gasteiger charge is -2.12. The molecule has 0 saturated heterocycles. The molecule has 2 aromatic carbocycles. The van der Waals surface area contributed by atoms with E-state index in [4.69, 9.17) is 25.8 Å². The van der Waals surface area contributed by atoms with Gasteiger partial charge in [0, 0.05) is 18.0 Å². The molecular weight excluding hydrogens is 438 g/mol. The van der Waals surface area contributed by atoms with Crippen molar-refractivity contribution < 1.29 is 28.6 Å². The molecule has 0 aliphatic carbocycles. The third-order valence-electron chi connectivity index (χ3n) is 4.37. The molecule has 4 rings (SSSR count). The first-order valence-corrected chi connectivity index (χ1v) is 9.76. The molecule has 2 N–H and O–H groups in total. The number of fused-ring (bicyclic) bond motifs is 1. The standard InChI is InChI=1S/C22H16ClN3O6/c23-19-8-5-13(10-24-19)22(29)30-11-20(27)26-16-4-2-1-3-15(16)21(28)25-14-6-7-17-18(9-14)32-12-31-17/h1-10H,11-12H2,(H,25,28)(H,26,27). The highest BCUT2D eigenvalue weighted by molar-refractivity contribution is 6.29. The molecule has 1 aliphatic heterocycles. The smallest absolute Gasteiger partial charge is 0.340 e. The van der Waals surface area contributed by atoms with Crippen LogP contribution in [0.15, 0.2) is 60.8 Å². The summed E-state index contributed by atoms with van der Waals surface area (Å²) in [6.07, 6.45) is 1.25. The zero-order valence-electron chi connectivity index (χ0n) is 16.5. The fraction of sp³-hybridized carbons (Fsp3) is 0.0909. The van der Waals surface area contributed by atoms with Gasteiger partial charge in [-0.15, -0.1) is 0 Å². The van der Waals surface area contributed by atoms with Crippen molar-refractivity contribution in [2.75, 3.05) is 24.0 Å². The first-order valence-electron chi connectivity index (χ1n) is 9.38. The molecule has 0 bridgehead atoms. The van der Waals surface area contributed by atoms with Crippen LogP contribution in [0.4, 0.5) is 11.4 Å². The van der Waals surface area contributed by atoms with Gasteiger partial charge in [0.2, 0.25) is 6.79 Å². The first-order chi connectivity index (χ1) is 15.5. The van der Waals surface area contributed by atoms with Crippen molar-refractivity contribution in [2.45, 2.75) is 0 Å². The molecule has 0 saturated carbocycles. The average Bonchev–Trinajstić information content (AvgIpc) is 3.26. The van der Waals surface area contributed by atoms with Gasteiger partial charge >= 0.3 is 5.97 Å². The minimum atomic E-state index is -0.724. The monoisotopic (exact) mass is 453 g/mol. The largest absolute Gasteiger partial charge is 0.454 e. The van der Waals surface area contributed by atoms with Gasteiger partial charge in [0.15, 0.2) is 18.1 Å². The Morgan fingerprint density at radius 3 is 2.62 bits per heavy atom. The second-order valence-corrected chi connectivity index (χ2v) is 6.95. The molecule has 10 heteroatoms. The third-order valence-corrected chi connectivity index (χ3v) is 4.60. The van der Waals surface area contributed by atoms with Gasteiger partial charge in [0.25, 0.3) is 11.8 Å². The minimum absolute atomic E-state index is 0.126. The van der Waals surface area contributed by atoms with Crippen LogP contribution in [0.1, 0.15) is 20.7 Å². The Labute approximate surface area is 187 Å². The number of hydrogen-bond donors (Lipinski definition) is 2. The van der Waals surface area contributed by atoms with Crippen LogP contribution in [-0.4, -0.2) is 36.2 Å². The average molecular weight is 454 g/mol. The van der Waals surface area contributed by atoms with Crippen LogP contribution in [-0.2, 0) is 9.53 Å². The van der Waals surface area contributed by atoms with Crippen LogP contribution in [0.2, 0.25) is 5.15 Å². The number of ether oxygens (including phenoxy) is 3. The van der Waals surface area contributed by atoms with E-state index in [9.17, 15) is 14.4 Å². The fourth-order valence-corrected chi connectivity index (χ4v) is 2.97. The molecule has 2 amide bonds. The van der Waals surface area contributed by atoms with E-state index in [0.29, 0.717) is 17.2 Å². The summed E-state index contributed by atoms with van der Waals surface area (Å²) in [6, 6.07) is 14.3. The van der Waals surface area contributed by atoms with E-state index >= 15 is 0 Å². The quantitative estimate of drug-likeness (QED) is 0.433. The molecule has 2 heterocycles. The lowest BCUT2D eigenvalue weighted by molar-refractivity contribution is -0.119. The van der Waals surface area contributed by atoms with Crippen molar-refractivity contribution in [1.29, 1.82) is 0 Å². The summed E-state index contributed by atoms with van der Waals surface area (Å²) in [5, 5.41) is 5.56. The Bertz CT molecular complexity index is 1180. The number of halogens is 1. The third kappa shape index (κ3) is 4.96. The van der Waals surface area contributed by atoms with Gasteiger partial charge in [-0.2, -0.15) is 0 Å². The number of anilines is 2. The number of para-hydroxylation sites is 1. The van der Waals surface area contributed by atoms with Gasteiger partial charge in [-0.25, -0.2) is 9.78 Å². The highest BCUT2D eigenvalue weighted by Crippen LogP contribution is 2.34. The lowest BCUT2D eigenvalue weighted by Crippen LogP contribution is -2.23. The number of benzene rings is 2. The van der Waals surface area contributed by atoms with Crippen molar-refractivity contribution in [1.82, 2.24) is 4.98 Å². The highest BCUT2D eigenvalue weighted by atomic mass is 35.5. The Kier molecular flexibility index (Phi) is 6.18. The maximum atomic E-state index is 12.8. The SMILES string of the molecule is O=C(COC(=O)c1ccc(Cl)nc1)Nc1ccccc1C(=O)Nc1ccc2c(c1)OCO2. The molecule has 0 spiro atoms. The van der Waals surface area contributed by atoms with Crippen LogP contribution in [0.5, 0.6) is 11.5 Å². The zero-order valence-corrected chi connectivity index (χ0v) is 17.2. The van der Waals surface area contributed by atoms with E-state index in [-0.39, 0.29) is 28.8 Å². The predicted octanol–water partition coefficient (Wildman–Crippen LogP) is 3.51. The van der Waals surface area contributed by atoms with Crippen molar-refractivity contribution in [3.8, 4) is 11.5 Å². The van der Waals surface area contributed by atoms with E-state index < -0.39 is 24.4 Å². The van der Waals surface area contributed by atoms with Crippen molar-refractivity contribution in [3.63, 3.8) is 0 Å². The van der Waals surface area contributed by atoms with E-state index in [1.54, 1.807) is 42.5 Å². The Hall–Kier alpha value is -4.11. The maximum Gasteiger partial charge on any atom is 0.340 e. The van der Waals surface area contributed by atoms with E-state index in [2.05, 4.69) is 15.6 Å². The normalized spacial score (nSPS) is 11.5. The summed E-state index contributed by atoms with van der Waals surface area (Å²) in [7, 11) is 0. The number of carbonyl (C=O) groups is 3. The number of rotatable bonds is 6. The van der Waals surface area contributed by atoms with Crippen LogP contribution in [0.3, 0.4) is 0 Å². The molecule has 0 atom stereocenters. The number of esters is 1. The molecular formula is C22H16ClN3O6. The molecule has 0 unspecified atom stereocenters. The van der Waals surface area contributed by atoms with E-state index in [1.165, 1.54) is 18.3 Å². The predicted molar refractivity (Wildman–Crippen MR) is 115 cm³/mol. The summed E-state index contributed by atoms with van der Waals surface area (Å²) in [6.45, 7) is -0.416. The van der Waals surface area contributed by atoms with Gasteiger partial charge in [-0.05, 0) is 36.4 Å². The number of aromatic nitrogens is 1. The first kappa shape index (κ1) is 21.1. The van der Waals surface area contributed by atoms with Crippen LogP contribution in [0, 0.1) is 0 Å². The second kappa shape index (κ2) is 9.36. The molecule has 3 aromatic rings. The summed E-state index contributed by atoms with van der Waals surface area (Å²) in [4.78, 5) is 40.8. The molecule has 9 nitrogen and oxygen atoms in total. The van der Waals surface area contributed by atoms with Crippen molar-refractivity contribution >= 4 is 40.8 Å². The minimum Gasteiger partial charge on any atom is -0.454 e. The Morgan fingerprint density at radius 2 is 1.81 bits per heavy atom. The fourth-order valence-electron chi connectivity index (χ4n) is 2.86. The van der Waals surface area contributed by atoms with Crippen molar-refractivity contribution in [2.24, 2.45) is 0 Å². The van der Waals surface area contributed by atoms with Gasteiger partial charge in [-0.3, -0.25) is 9.59 Å². The van der Waals surface area contributed by atoms with Gasteiger partial charge in [-0.1, -0.05) is 23.7 Å². The molecule has 32 heavy (non-hydrogen) atoms. The summed E-state index contributed by atoms with van der Waals surface area (Å²) < 4.78 is 15.5. The Morgan fingerprint density at radius 1 is 1.00 bits per heavy atom. The zero-order chi connectivity index (χ0) is 22.5. The molecule has 1 aromatic heterocycles. The van der Waals surface area contributed by atoms with Gasteiger partial charge in [0.05, 0.1) is 16.8 Å². The number of nitrogens with zero attached hydrogens (tertiary/aromatic N) is 1. The van der Waals surface area contributed by atoms with Crippen LogP contribution in [0.25, 0.3) is 0 Å². The molecule has 162 valence electrons. The topological polar surface area (TPSA) is 116 Å². The lowest BCUT2D eigenvalue weighted by atomic mass is 10.1. The highest BCUT2D eigenvalue weighted by Gasteiger charge is 2.17. The summed E-state index contributed by atoms with van der Waals surface area (Å²) >= 11 is 5.68. The van der Waals surface area contributed by atoms with Crippen LogP contribution < -0.4 is 20.1 Å². The van der Waals surface area contributed by atoms with E-state index in [0.717, 1.165) is 0 Å². The van der Waals surface area contributed by atoms with Crippen LogP contribution >= 0.6 is 11.6 Å². The Balaban J connectivity index is 1.38. The summed E-state index contributed by atoms with van der Waals surface area (Å²) in [5.41, 5.74) is 1.16. The molecule has 0 fully saturated rings. The van der Waals surface area contributed by atoms with E-state index in [1.807, 2.05) is 0 Å². The molecule has 0 radical (unpaired) electrons. The maximum absolute atomic E-state index is 12.8.